The van der Waals surface area contributed by atoms with Crippen LogP contribution in [0.4, 0.5) is 0 Å². The minimum atomic E-state index is -3.71. The lowest BCUT2D eigenvalue weighted by Crippen LogP contribution is -2.38. The number of benzene rings is 1. The van der Waals surface area contributed by atoms with Gasteiger partial charge in [0, 0.05) is 16.9 Å². The molecule has 0 unspecified atom stereocenters. The summed E-state index contributed by atoms with van der Waals surface area (Å²) in [6.07, 6.45) is 0. The summed E-state index contributed by atoms with van der Waals surface area (Å²) in [4.78, 5) is 13.0. The maximum Gasteiger partial charge on any atom is 0.243 e. The monoisotopic (exact) mass is 358 g/mol. The molecule has 2 aromatic rings. The molecule has 0 bridgehead atoms. The van der Waals surface area contributed by atoms with Gasteiger partial charge in [0.1, 0.15) is 0 Å². The van der Waals surface area contributed by atoms with Gasteiger partial charge < -0.3 is 5.32 Å². The zero-order valence-electron chi connectivity index (χ0n) is 11.8. The summed E-state index contributed by atoms with van der Waals surface area (Å²) in [5.74, 6) is -0.353. The van der Waals surface area contributed by atoms with Crippen molar-refractivity contribution in [2.24, 2.45) is 0 Å². The Morgan fingerprint density at radius 1 is 1.27 bits per heavy atom. The van der Waals surface area contributed by atoms with Crippen LogP contribution in [-0.2, 0) is 21.4 Å². The Kier molecular flexibility index (Phi) is 5.57. The predicted octanol–water partition coefficient (Wildman–Crippen LogP) is 2.34. The van der Waals surface area contributed by atoms with Crippen LogP contribution in [0.2, 0.25) is 5.02 Å². The second kappa shape index (κ2) is 7.23. The molecule has 5 nitrogen and oxygen atoms in total. The Morgan fingerprint density at radius 2 is 1.95 bits per heavy atom. The Hall–Kier alpha value is -1.41. The highest BCUT2D eigenvalue weighted by Crippen LogP contribution is 2.17. The second-order valence-corrected chi connectivity index (χ2v) is 8.08. The standard InChI is InChI=1S/C14H15ClN2O3S2/c1-17(10-14(18)16-9-12-3-2-8-21-12)22(19,20)13-6-4-11(15)5-7-13/h2-8H,9-10H2,1H3,(H,16,18). The molecule has 1 N–H and O–H groups in total. The van der Waals surface area contributed by atoms with Gasteiger partial charge in [-0.25, -0.2) is 8.42 Å². The maximum absolute atomic E-state index is 12.3. The summed E-state index contributed by atoms with van der Waals surface area (Å²) in [6.45, 7) is 0.154. The number of amides is 1. The van der Waals surface area contributed by atoms with E-state index in [4.69, 9.17) is 11.6 Å². The number of hydrogen-bond donors (Lipinski definition) is 1. The maximum atomic E-state index is 12.3. The van der Waals surface area contributed by atoms with E-state index in [1.807, 2.05) is 17.5 Å². The van der Waals surface area contributed by atoms with Crippen LogP contribution >= 0.6 is 22.9 Å². The first-order chi connectivity index (χ1) is 10.4. The first-order valence-electron chi connectivity index (χ1n) is 6.40. The molecule has 0 radical (unpaired) electrons. The van der Waals surface area contributed by atoms with Gasteiger partial charge in [-0.2, -0.15) is 4.31 Å². The highest BCUT2D eigenvalue weighted by molar-refractivity contribution is 7.89. The molecule has 1 heterocycles. The molecule has 0 saturated heterocycles. The van der Waals surface area contributed by atoms with Crippen molar-refractivity contribution in [2.75, 3.05) is 13.6 Å². The van der Waals surface area contributed by atoms with E-state index >= 15 is 0 Å². The molecule has 1 aromatic carbocycles. The second-order valence-electron chi connectivity index (χ2n) is 4.57. The molecule has 118 valence electrons. The van der Waals surface area contributed by atoms with Crippen LogP contribution in [0.25, 0.3) is 0 Å². The Bertz CT molecular complexity index is 728. The van der Waals surface area contributed by atoms with Crippen molar-refractivity contribution in [1.82, 2.24) is 9.62 Å². The molecule has 2 rings (SSSR count). The number of sulfonamides is 1. The van der Waals surface area contributed by atoms with Crippen molar-refractivity contribution in [3.05, 3.63) is 51.7 Å². The largest absolute Gasteiger partial charge is 0.350 e. The SMILES string of the molecule is CN(CC(=O)NCc1cccs1)S(=O)(=O)c1ccc(Cl)cc1. The molecule has 0 spiro atoms. The van der Waals surface area contributed by atoms with Crippen LogP contribution < -0.4 is 5.32 Å². The van der Waals surface area contributed by atoms with E-state index in [0.29, 0.717) is 11.6 Å². The van der Waals surface area contributed by atoms with Gasteiger partial charge >= 0.3 is 0 Å². The van der Waals surface area contributed by atoms with Gasteiger partial charge in [-0.1, -0.05) is 17.7 Å². The number of nitrogens with zero attached hydrogens (tertiary/aromatic N) is 1. The summed E-state index contributed by atoms with van der Waals surface area (Å²) in [5, 5.41) is 5.06. The van der Waals surface area contributed by atoms with Gasteiger partial charge in [-0.15, -0.1) is 11.3 Å². The van der Waals surface area contributed by atoms with E-state index in [0.717, 1.165) is 9.18 Å². The molecule has 1 aromatic heterocycles. The first-order valence-corrected chi connectivity index (χ1v) is 9.10. The molecule has 0 saturated carbocycles. The predicted molar refractivity (Wildman–Crippen MR) is 87.4 cm³/mol. The van der Waals surface area contributed by atoms with Gasteiger partial charge in [0.2, 0.25) is 15.9 Å². The molecule has 0 aliphatic carbocycles. The van der Waals surface area contributed by atoms with Crippen LogP contribution in [0, 0.1) is 0 Å². The summed E-state index contributed by atoms with van der Waals surface area (Å²) in [6, 6.07) is 9.62. The third-order valence-electron chi connectivity index (χ3n) is 2.93. The van der Waals surface area contributed by atoms with Gasteiger partial charge in [-0.3, -0.25) is 4.79 Å². The topological polar surface area (TPSA) is 66.5 Å². The summed E-state index contributed by atoms with van der Waals surface area (Å²) in [7, 11) is -2.34. The lowest BCUT2D eigenvalue weighted by atomic mass is 10.4. The van der Waals surface area contributed by atoms with Crippen LogP contribution in [0.15, 0.2) is 46.7 Å². The first kappa shape index (κ1) is 17.0. The fraction of sp³-hybridized carbons (Fsp3) is 0.214. The fourth-order valence-corrected chi connectivity index (χ4v) is 3.63. The van der Waals surface area contributed by atoms with Crippen LogP contribution in [0.3, 0.4) is 0 Å². The van der Waals surface area contributed by atoms with Gasteiger partial charge in [0.25, 0.3) is 0 Å². The van der Waals surface area contributed by atoms with E-state index in [2.05, 4.69) is 5.32 Å². The summed E-state index contributed by atoms with van der Waals surface area (Å²) >= 11 is 7.27. The van der Waals surface area contributed by atoms with Crippen molar-refractivity contribution in [1.29, 1.82) is 0 Å². The molecular formula is C14H15ClN2O3S2. The molecule has 8 heteroatoms. The van der Waals surface area contributed by atoms with E-state index in [-0.39, 0.29) is 17.3 Å². The minimum Gasteiger partial charge on any atom is -0.350 e. The van der Waals surface area contributed by atoms with Crippen LogP contribution in [0.5, 0.6) is 0 Å². The van der Waals surface area contributed by atoms with Crippen molar-refractivity contribution in [3.63, 3.8) is 0 Å². The van der Waals surface area contributed by atoms with E-state index < -0.39 is 10.0 Å². The van der Waals surface area contributed by atoms with E-state index in [9.17, 15) is 13.2 Å². The van der Waals surface area contributed by atoms with Crippen molar-refractivity contribution in [2.45, 2.75) is 11.4 Å². The zero-order valence-corrected chi connectivity index (χ0v) is 14.2. The normalized spacial score (nSPS) is 11.6. The Balaban J connectivity index is 1.96. The lowest BCUT2D eigenvalue weighted by Gasteiger charge is -2.16. The number of thiophene rings is 1. The highest BCUT2D eigenvalue weighted by atomic mass is 35.5. The third kappa shape index (κ3) is 4.30. The average Bonchev–Trinajstić information content (AvgIpc) is 2.99. The molecule has 22 heavy (non-hydrogen) atoms. The summed E-state index contributed by atoms with van der Waals surface area (Å²) in [5.41, 5.74) is 0. The zero-order chi connectivity index (χ0) is 16.2. The molecule has 0 fully saturated rings. The smallest absolute Gasteiger partial charge is 0.243 e. The average molecular weight is 359 g/mol. The van der Waals surface area contributed by atoms with Crippen molar-refractivity contribution >= 4 is 38.9 Å². The van der Waals surface area contributed by atoms with Gasteiger partial charge in [0.15, 0.2) is 0 Å². The van der Waals surface area contributed by atoms with Gasteiger partial charge in [0.05, 0.1) is 18.0 Å². The minimum absolute atomic E-state index is 0.102. The van der Waals surface area contributed by atoms with Crippen LogP contribution in [0.1, 0.15) is 4.88 Å². The molecular weight excluding hydrogens is 344 g/mol. The number of nitrogens with one attached hydrogen (secondary N) is 1. The summed E-state index contributed by atoms with van der Waals surface area (Å²) < 4.78 is 25.6. The van der Waals surface area contributed by atoms with Gasteiger partial charge in [-0.05, 0) is 35.7 Å². The molecule has 0 atom stereocenters. The lowest BCUT2D eigenvalue weighted by molar-refractivity contribution is -0.121. The molecule has 0 aliphatic heterocycles. The number of carbonyl (C=O) groups excluding carboxylic acids is 1. The molecule has 0 aliphatic rings. The number of carbonyl (C=O) groups is 1. The Morgan fingerprint density at radius 3 is 2.55 bits per heavy atom. The van der Waals surface area contributed by atoms with Crippen molar-refractivity contribution in [3.8, 4) is 0 Å². The number of halogens is 1. The number of hydrogen-bond acceptors (Lipinski definition) is 4. The Labute approximate surface area is 138 Å². The fourth-order valence-electron chi connectivity index (χ4n) is 1.73. The van der Waals surface area contributed by atoms with Crippen molar-refractivity contribution < 1.29 is 13.2 Å². The molecule has 1 amide bonds. The van der Waals surface area contributed by atoms with E-state index in [1.54, 1.807) is 0 Å². The van der Waals surface area contributed by atoms with E-state index in [1.165, 1.54) is 42.6 Å². The number of rotatable bonds is 6. The highest BCUT2D eigenvalue weighted by Gasteiger charge is 2.22. The van der Waals surface area contributed by atoms with Crippen LogP contribution in [-0.4, -0.2) is 32.2 Å². The quantitative estimate of drug-likeness (QED) is 0.861. The number of likely N-dealkylation sites (N-methyl/N-ethyl adjacent to an activating group) is 1. The third-order valence-corrected chi connectivity index (χ3v) is 5.87.